The lowest BCUT2D eigenvalue weighted by molar-refractivity contribution is 0.282. The summed E-state index contributed by atoms with van der Waals surface area (Å²) >= 11 is 0. The zero-order chi connectivity index (χ0) is 13.2. The van der Waals surface area contributed by atoms with Gasteiger partial charge < -0.3 is 10.4 Å². The number of aryl methyl sites for hydroxylation is 1. The number of aliphatic hydroxyl groups excluding tert-OH is 1. The first kappa shape index (κ1) is 15.1. The summed E-state index contributed by atoms with van der Waals surface area (Å²) in [4.78, 5) is 0. The van der Waals surface area contributed by atoms with E-state index in [-0.39, 0.29) is 5.82 Å². The maximum Gasteiger partial charge on any atom is 0.123 e. The molecule has 1 aromatic carbocycles. The van der Waals surface area contributed by atoms with Gasteiger partial charge in [0.25, 0.3) is 0 Å². The van der Waals surface area contributed by atoms with Crippen LogP contribution >= 0.6 is 0 Å². The standard InChI is InChI=1S/C15H24FNO/c1-13-12-15(16)7-6-14(13)8-10-17-9-4-2-3-5-11-18/h6-7,12,17-18H,2-5,8-11H2,1H3. The van der Waals surface area contributed by atoms with Crippen molar-refractivity contribution in [1.82, 2.24) is 5.32 Å². The van der Waals surface area contributed by atoms with Crippen LogP contribution in [0.3, 0.4) is 0 Å². The van der Waals surface area contributed by atoms with Gasteiger partial charge in [0.05, 0.1) is 0 Å². The molecule has 1 rings (SSSR count). The molecule has 0 heterocycles. The van der Waals surface area contributed by atoms with Crippen molar-refractivity contribution in [3.05, 3.63) is 35.1 Å². The summed E-state index contributed by atoms with van der Waals surface area (Å²) < 4.78 is 12.9. The van der Waals surface area contributed by atoms with Crippen molar-refractivity contribution < 1.29 is 9.50 Å². The fraction of sp³-hybridized carbons (Fsp3) is 0.600. The van der Waals surface area contributed by atoms with Crippen LogP contribution in [0, 0.1) is 12.7 Å². The Hall–Kier alpha value is -0.930. The smallest absolute Gasteiger partial charge is 0.123 e. The molecule has 0 unspecified atom stereocenters. The van der Waals surface area contributed by atoms with Crippen LogP contribution in [0.15, 0.2) is 18.2 Å². The van der Waals surface area contributed by atoms with Gasteiger partial charge in [-0.15, -0.1) is 0 Å². The maximum atomic E-state index is 12.9. The number of unbranched alkanes of at least 4 members (excludes halogenated alkanes) is 3. The zero-order valence-electron chi connectivity index (χ0n) is 11.2. The molecule has 0 radical (unpaired) electrons. The molecule has 0 aliphatic heterocycles. The molecule has 0 fully saturated rings. The predicted molar refractivity (Wildman–Crippen MR) is 73.3 cm³/mol. The highest BCUT2D eigenvalue weighted by molar-refractivity contribution is 5.26. The van der Waals surface area contributed by atoms with Crippen LogP contribution in [0.2, 0.25) is 0 Å². The van der Waals surface area contributed by atoms with Crippen molar-refractivity contribution in [2.75, 3.05) is 19.7 Å². The van der Waals surface area contributed by atoms with E-state index < -0.39 is 0 Å². The molecular formula is C15H24FNO. The minimum absolute atomic E-state index is 0.159. The average Bonchev–Trinajstić information content (AvgIpc) is 2.35. The molecule has 0 aliphatic rings. The van der Waals surface area contributed by atoms with E-state index in [1.54, 1.807) is 6.07 Å². The van der Waals surface area contributed by atoms with E-state index in [9.17, 15) is 4.39 Å². The molecule has 18 heavy (non-hydrogen) atoms. The highest BCUT2D eigenvalue weighted by Gasteiger charge is 1.99. The molecule has 3 heteroatoms. The number of benzene rings is 1. The van der Waals surface area contributed by atoms with Crippen LogP contribution < -0.4 is 5.32 Å². The molecule has 0 atom stereocenters. The van der Waals surface area contributed by atoms with E-state index in [1.807, 2.05) is 13.0 Å². The highest BCUT2D eigenvalue weighted by atomic mass is 19.1. The Morgan fingerprint density at radius 1 is 1.11 bits per heavy atom. The van der Waals surface area contributed by atoms with Gasteiger partial charge >= 0.3 is 0 Å². The van der Waals surface area contributed by atoms with Gasteiger partial charge in [0.2, 0.25) is 0 Å². The van der Waals surface area contributed by atoms with Gasteiger partial charge in [-0.25, -0.2) is 4.39 Å². The number of halogens is 1. The Balaban J connectivity index is 2.07. The number of nitrogens with one attached hydrogen (secondary N) is 1. The van der Waals surface area contributed by atoms with E-state index >= 15 is 0 Å². The molecule has 0 saturated heterocycles. The van der Waals surface area contributed by atoms with Gasteiger partial charge in [-0.05, 0) is 62.5 Å². The lowest BCUT2D eigenvalue weighted by Gasteiger charge is -2.07. The molecule has 102 valence electrons. The Morgan fingerprint density at radius 3 is 2.61 bits per heavy atom. The molecule has 0 spiro atoms. The van der Waals surface area contributed by atoms with Crippen molar-refractivity contribution in [1.29, 1.82) is 0 Å². The molecule has 0 amide bonds. The van der Waals surface area contributed by atoms with Crippen molar-refractivity contribution >= 4 is 0 Å². The quantitative estimate of drug-likeness (QED) is 0.663. The van der Waals surface area contributed by atoms with Crippen LogP contribution in [0.25, 0.3) is 0 Å². The fourth-order valence-corrected chi connectivity index (χ4v) is 2.00. The third-order valence-corrected chi connectivity index (χ3v) is 3.14. The number of aliphatic hydroxyl groups is 1. The number of hydrogen-bond donors (Lipinski definition) is 2. The second-order valence-electron chi connectivity index (χ2n) is 4.71. The van der Waals surface area contributed by atoms with Crippen LogP contribution in [0.1, 0.15) is 36.8 Å². The summed E-state index contributed by atoms with van der Waals surface area (Å²) in [5.41, 5.74) is 2.24. The van der Waals surface area contributed by atoms with Crippen molar-refractivity contribution in [3.63, 3.8) is 0 Å². The minimum atomic E-state index is -0.159. The third kappa shape index (κ3) is 6.12. The molecule has 0 aliphatic carbocycles. The van der Waals surface area contributed by atoms with E-state index in [0.29, 0.717) is 6.61 Å². The van der Waals surface area contributed by atoms with E-state index in [2.05, 4.69) is 5.32 Å². The van der Waals surface area contributed by atoms with Gasteiger partial charge in [0.15, 0.2) is 0 Å². The summed E-state index contributed by atoms with van der Waals surface area (Å²) in [6.45, 7) is 4.21. The minimum Gasteiger partial charge on any atom is -0.396 e. The van der Waals surface area contributed by atoms with E-state index in [4.69, 9.17) is 5.11 Å². The largest absolute Gasteiger partial charge is 0.396 e. The first-order valence-electron chi connectivity index (χ1n) is 6.80. The zero-order valence-corrected chi connectivity index (χ0v) is 11.2. The van der Waals surface area contributed by atoms with Crippen molar-refractivity contribution in [2.45, 2.75) is 39.0 Å². The Labute approximate surface area is 109 Å². The number of rotatable bonds is 9. The highest BCUT2D eigenvalue weighted by Crippen LogP contribution is 2.10. The molecular weight excluding hydrogens is 229 g/mol. The summed E-state index contributed by atoms with van der Waals surface area (Å²) in [5.74, 6) is -0.159. The normalized spacial score (nSPS) is 10.8. The summed E-state index contributed by atoms with van der Waals surface area (Å²) in [7, 11) is 0. The fourth-order valence-electron chi connectivity index (χ4n) is 2.00. The second-order valence-corrected chi connectivity index (χ2v) is 4.71. The summed E-state index contributed by atoms with van der Waals surface area (Å²) in [5, 5.41) is 12.0. The van der Waals surface area contributed by atoms with Crippen molar-refractivity contribution in [3.8, 4) is 0 Å². The van der Waals surface area contributed by atoms with Crippen LogP contribution in [0.4, 0.5) is 4.39 Å². The summed E-state index contributed by atoms with van der Waals surface area (Å²) in [6, 6.07) is 4.98. The first-order chi connectivity index (χ1) is 8.74. The summed E-state index contributed by atoms with van der Waals surface area (Å²) in [6.07, 6.45) is 5.29. The van der Waals surface area contributed by atoms with Gasteiger partial charge in [0.1, 0.15) is 5.82 Å². The Bertz CT molecular complexity index is 341. The third-order valence-electron chi connectivity index (χ3n) is 3.14. The first-order valence-corrected chi connectivity index (χ1v) is 6.80. The molecule has 0 saturated carbocycles. The van der Waals surface area contributed by atoms with Crippen LogP contribution in [-0.4, -0.2) is 24.8 Å². The van der Waals surface area contributed by atoms with Crippen LogP contribution in [-0.2, 0) is 6.42 Å². The predicted octanol–water partition coefficient (Wildman–Crippen LogP) is 2.82. The average molecular weight is 253 g/mol. The van der Waals surface area contributed by atoms with Gasteiger partial charge in [-0.2, -0.15) is 0 Å². The SMILES string of the molecule is Cc1cc(F)ccc1CCNCCCCCCO. The van der Waals surface area contributed by atoms with E-state index in [1.165, 1.54) is 18.1 Å². The molecule has 1 aromatic rings. The Kier molecular flexibility index (Phi) is 7.62. The van der Waals surface area contributed by atoms with Crippen LogP contribution in [0.5, 0.6) is 0 Å². The second kappa shape index (κ2) is 9.06. The maximum absolute atomic E-state index is 12.9. The van der Waals surface area contributed by atoms with Gasteiger partial charge in [0, 0.05) is 6.61 Å². The lowest BCUT2D eigenvalue weighted by Crippen LogP contribution is -2.18. The lowest BCUT2D eigenvalue weighted by atomic mass is 10.1. The molecule has 0 bridgehead atoms. The monoisotopic (exact) mass is 253 g/mol. The van der Waals surface area contributed by atoms with Crippen molar-refractivity contribution in [2.24, 2.45) is 0 Å². The van der Waals surface area contributed by atoms with Gasteiger partial charge in [-0.3, -0.25) is 0 Å². The van der Waals surface area contributed by atoms with Gasteiger partial charge in [-0.1, -0.05) is 18.9 Å². The molecule has 2 N–H and O–H groups in total. The Morgan fingerprint density at radius 2 is 1.89 bits per heavy atom. The molecule has 0 aromatic heterocycles. The number of hydrogen-bond acceptors (Lipinski definition) is 2. The molecule has 2 nitrogen and oxygen atoms in total. The van der Waals surface area contributed by atoms with E-state index in [0.717, 1.165) is 44.3 Å². The topological polar surface area (TPSA) is 32.3 Å².